The van der Waals surface area contributed by atoms with Gasteiger partial charge in [0.15, 0.2) is 0 Å². The molecule has 0 atom stereocenters. The molecule has 2 N–H and O–H groups in total. The number of nitrogens with one attached hydrogen (secondary N) is 2. The van der Waals surface area contributed by atoms with Crippen molar-refractivity contribution in [3.63, 3.8) is 0 Å². The number of hydrogen-bond donors (Lipinski definition) is 2. The Bertz CT molecular complexity index is 470. The lowest BCUT2D eigenvalue weighted by molar-refractivity contribution is -0.384. The topological polar surface area (TPSA) is 84.3 Å². The monoisotopic (exact) mass is 263 g/mol. The molecule has 1 aliphatic rings. The van der Waals surface area contributed by atoms with Gasteiger partial charge in [0.25, 0.3) is 11.6 Å². The first kappa shape index (κ1) is 13.5. The summed E-state index contributed by atoms with van der Waals surface area (Å²) in [7, 11) is 0. The minimum atomic E-state index is -0.496. The van der Waals surface area contributed by atoms with Gasteiger partial charge < -0.3 is 10.6 Å². The number of nitrogens with zero attached hydrogens (tertiary/aromatic N) is 1. The normalized spacial score (nSPS) is 16.0. The van der Waals surface area contributed by atoms with Gasteiger partial charge in [-0.25, -0.2) is 0 Å². The summed E-state index contributed by atoms with van der Waals surface area (Å²) < 4.78 is 0. The van der Waals surface area contributed by atoms with Gasteiger partial charge in [0.05, 0.1) is 4.92 Å². The minimum absolute atomic E-state index is 0.0606. The predicted octanol–water partition coefficient (Wildman–Crippen LogP) is 1.32. The molecule has 19 heavy (non-hydrogen) atoms. The fraction of sp³-hybridized carbons (Fsp3) is 0.462. The standard InChI is InChI=1S/C13H17N3O3/c17-13(15-9-10-4-6-14-7-5-10)11-2-1-3-12(8-11)16(18)19/h1-3,8,10,14H,4-7,9H2,(H,15,17). The van der Waals surface area contributed by atoms with Gasteiger partial charge in [-0.15, -0.1) is 0 Å². The lowest BCUT2D eigenvalue weighted by Crippen LogP contribution is -2.35. The molecule has 102 valence electrons. The molecule has 0 aromatic heterocycles. The SMILES string of the molecule is O=C(NCC1CCNCC1)c1cccc([N+](=O)[O-])c1. The summed E-state index contributed by atoms with van der Waals surface area (Å²) in [6.45, 7) is 2.60. The average Bonchev–Trinajstić information content (AvgIpc) is 2.46. The Balaban J connectivity index is 1.92. The largest absolute Gasteiger partial charge is 0.352 e. The van der Waals surface area contributed by atoms with Gasteiger partial charge in [-0.05, 0) is 37.9 Å². The molecular weight excluding hydrogens is 246 g/mol. The van der Waals surface area contributed by atoms with Crippen molar-refractivity contribution in [2.24, 2.45) is 5.92 Å². The zero-order valence-electron chi connectivity index (χ0n) is 10.6. The van der Waals surface area contributed by atoms with E-state index in [1.54, 1.807) is 6.07 Å². The van der Waals surface area contributed by atoms with Crippen LogP contribution in [-0.4, -0.2) is 30.5 Å². The van der Waals surface area contributed by atoms with Crippen molar-refractivity contribution in [2.45, 2.75) is 12.8 Å². The van der Waals surface area contributed by atoms with E-state index >= 15 is 0 Å². The summed E-state index contributed by atoms with van der Waals surface area (Å²) in [5, 5.41) is 16.8. The van der Waals surface area contributed by atoms with Crippen molar-refractivity contribution in [3.8, 4) is 0 Å². The molecule has 0 unspecified atom stereocenters. The Morgan fingerprint density at radius 3 is 2.84 bits per heavy atom. The number of nitro benzene ring substituents is 1. The third-order valence-corrected chi connectivity index (χ3v) is 3.33. The smallest absolute Gasteiger partial charge is 0.270 e. The molecule has 0 aliphatic carbocycles. The van der Waals surface area contributed by atoms with Gasteiger partial charge in [-0.3, -0.25) is 14.9 Å². The van der Waals surface area contributed by atoms with Crippen LogP contribution in [0.25, 0.3) is 0 Å². The zero-order chi connectivity index (χ0) is 13.7. The minimum Gasteiger partial charge on any atom is -0.352 e. The number of nitro groups is 1. The van der Waals surface area contributed by atoms with Crippen LogP contribution in [0.5, 0.6) is 0 Å². The third-order valence-electron chi connectivity index (χ3n) is 3.33. The fourth-order valence-electron chi connectivity index (χ4n) is 2.19. The van der Waals surface area contributed by atoms with Crippen molar-refractivity contribution in [2.75, 3.05) is 19.6 Å². The second kappa shape index (κ2) is 6.29. The van der Waals surface area contributed by atoms with Crippen LogP contribution in [0.3, 0.4) is 0 Å². The van der Waals surface area contributed by atoms with Crippen LogP contribution in [0.1, 0.15) is 23.2 Å². The van der Waals surface area contributed by atoms with E-state index in [0.29, 0.717) is 18.0 Å². The molecule has 0 spiro atoms. The molecule has 1 fully saturated rings. The number of amides is 1. The summed E-state index contributed by atoms with van der Waals surface area (Å²) in [6.07, 6.45) is 2.10. The van der Waals surface area contributed by atoms with Crippen molar-refractivity contribution in [1.29, 1.82) is 0 Å². The molecule has 1 aromatic rings. The quantitative estimate of drug-likeness (QED) is 0.634. The van der Waals surface area contributed by atoms with E-state index in [1.807, 2.05) is 0 Å². The molecule has 1 aromatic carbocycles. The van der Waals surface area contributed by atoms with E-state index < -0.39 is 4.92 Å². The lowest BCUT2D eigenvalue weighted by Gasteiger charge is -2.22. The second-order valence-electron chi connectivity index (χ2n) is 4.71. The maximum atomic E-state index is 11.9. The number of carbonyl (C=O) groups is 1. The molecule has 1 saturated heterocycles. The number of carbonyl (C=O) groups excluding carboxylic acids is 1. The molecule has 1 aliphatic heterocycles. The van der Waals surface area contributed by atoms with E-state index in [-0.39, 0.29) is 11.6 Å². The highest BCUT2D eigenvalue weighted by Crippen LogP contribution is 2.14. The van der Waals surface area contributed by atoms with Gasteiger partial charge >= 0.3 is 0 Å². The van der Waals surface area contributed by atoms with Crippen LogP contribution in [-0.2, 0) is 0 Å². The fourth-order valence-corrected chi connectivity index (χ4v) is 2.19. The van der Waals surface area contributed by atoms with Crippen LogP contribution in [0, 0.1) is 16.0 Å². The highest BCUT2D eigenvalue weighted by atomic mass is 16.6. The molecular formula is C13H17N3O3. The summed E-state index contributed by atoms with van der Waals surface area (Å²) >= 11 is 0. The van der Waals surface area contributed by atoms with Gasteiger partial charge in [-0.2, -0.15) is 0 Å². The van der Waals surface area contributed by atoms with E-state index in [2.05, 4.69) is 10.6 Å². The summed E-state index contributed by atoms with van der Waals surface area (Å²) in [5.41, 5.74) is 0.276. The highest BCUT2D eigenvalue weighted by Gasteiger charge is 2.15. The summed E-state index contributed by atoms with van der Waals surface area (Å²) in [5.74, 6) is 0.242. The summed E-state index contributed by atoms with van der Waals surface area (Å²) in [4.78, 5) is 22.1. The molecule has 6 nitrogen and oxygen atoms in total. The van der Waals surface area contributed by atoms with Crippen LogP contribution >= 0.6 is 0 Å². The van der Waals surface area contributed by atoms with Crippen LogP contribution < -0.4 is 10.6 Å². The van der Waals surface area contributed by atoms with E-state index in [9.17, 15) is 14.9 Å². The van der Waals surface area contributed by atoms with Crippen LogP contribution in [0.15, 0.2) is 24.3 Å². The Labute approximate surface area is 111 Å². The molecule has 0 bridgehead atoms. The number of hydrogen-bond acceptors (Lipinski definition) is 4. The van der Waals surface area contributed by atoms with Crippen molar-refractivity contribution >= 4 is 11.6 Å². The molecule has 1 amide bonds. The molecule has 0 saturated carbocycles. The maximum absolute atomic E-state index is 11.9. The summed E-state index contributed by atoms with van der Waals surface area (Å²) in [6, 6.07) is 5.80. The average molecular weight is 263 g/mol. The molecule has 6 heteroatoms. The van der Waals surface area contributed by atoms with Crippen LogP contribution in [0.4, 0.5) is 5.69 Å². The van der Waals surface area contributed by atoms with Gasteiger partial charge in [0.2, 0.25) is 0 Å². The van der Waals surface area contributed by atoms with Gasteiger partial charge in [-0.1, -0.05) is 6.07 Å². The van der Waals surface area contributed by atoms with Crippen molar-refractivity contribution < 1.29 is 9.72 Å². The Kier molecular flexibility index (Phi) is 4.46. The molecule has 1 heterocycles. The first-order chi connectivity index (χ1) is 9.16. The highest BCUT2D eigenvalue weighted by molar-refractivity contribution is 5.94. The number of piperidine rings is 1. The first-order valence-corrected chi connectivity index (χ1v) is 6.40. The number of non-ortho nitro benzene ring substituents is 1. The number of benzene rings is 1. The molecule has 0 radical (unpaired) electrons. The van der Waals surface area contributed by atoms with Gasteiger partial charge in [0.1, 0.15) is 0 Å². The van der Waals surface area contributed by atoms with Crippen molar-refractivity contribution in [3.05, 3.63) is 39.9 Å². The predicted molar refractivity (Wildman–Crippen MR) is 71.0 cm³/mol. The van der Waals surface area contributed by atoms with Crippen molar-refractivity contribution in [1.82, 2.24) is 10.6 Å². The zero-order valence-corrected chi connectivity index (χ0v) is 10.6. The lowest BCUT2D eigenvalue weighted by atomic mass is 9.98. The van der Waals surface area contributed by atoms with Crippen LogP contribution in [0.2, 0.25) is 0 Å². The maximum Gasteiger partial charge on any atom is 0.270 e. The van der Waals surface area contributed by atoms with E-state index in [4.69, 9.17) is 0 Å². The number of rotatable bonds is 4. The van der Waals surface area contributed by atoms with E-state index in [0.717, 1.165) is 25.9 Å². The third kappa shape index (κ3) is 3.75. The first-order valence-electron chi connectivity index (χ1n) is 6.40. The second-order valence-corrected chi connectivity index (χ2v) is 4.71. The Hall–Kier alpha value is -1.95. The van der Waals surface area contributed by atoms with Gasteiger partial charge in [0, 0.05) is 24.2 Å². The van der Waals surface area contributed by atoms with E-state index in [1.165, 1.54) is 18.2 Å². The molecule has 2 rings (SSSR count). The Morgan fingerprint density at radius 1 is 1.42 bits per heavy atom. The Morgan fingerprint density at radius 2 is 2.16 bits per heavy atom.